The number of aromatic nitrogens is 4. The molecule has 7 nitrogen and oxygen atoms in total. The molecule has 4 rings (SSSR count). The zero-order chi connectivity index (χ0) is 18.8. The van der Waals surface area contributed by atoms with E-state index < -0.39 is 0 Å². The molecule has 4 aromatic rings. The van der Waals surface area contributed by atoms with Crippen LogP contribution < -0.4 is 14.8 Å². The van der Waals surface area contributed by atoms with E-state index in [-0.39, 0.29) is 0 Å². The van der Waals surface area contributed by atoms with Crippen LogP contribution in [0.4, 0.5) is 5.82 Å². The largest absolute Gasteiger partial charge is 0.493 e. The SMILES string of the molecule is COc1ccc(CNc2nc(-n3cccn3)nc3sc(C)cc23)cc1OC. The van der Waals surface area contributed by atoms with E-state index in [1.165, 1.54) is 4.88 Å². The molecule has 0 aliphatic heterocycles. The Morgan fingerprint density at radius 2 is 1.96 bits per heavy atom. The molecular formula is C19H19N5O2S. The first-order valence-corrected chi connectivity index (χ1v) is 9.22. The Kier molecular flexibility index (Phi) is 4.64. The van der Waals surface area contributed by atoms with Gasteiger partial charge in [0.05, 0.1) is 19.6 Å². The molecule has 0 saturated heterocycles. The number of hydrogen-bond donors (Lipinski definition) is 1. The van der Waals surface area contributed by atoms with Gasteiger partial charge in [-0.05, 0) is 36.8 Å². The van der Waals surface area contributed by atoms with E-state index in [1.807, 2.05) is 30.5 Å². The first-order chi connectivity index (χ1) is 13.2. The molecule has 0 bridgehead atoms. The third-order valence-electron chi connectivity index (χ3n) is 4.12. The van der Waals surface area contributed by atoms with Gasteiger partial charge in [0.1, 0.15) is 10.6 Å². The molecule has 1 N–H and O–H groups in total. The second-order valence-corrected chi connectivity index (χ2v) is 7.18. The second kappa shape index (κ2) is 7.24. The predicted molar refractivity (Wildman–Crippen MR) is 106 cm³/mol. The molecule has 0 atom stereocenters. The Balaban J connectivity index is 1.67. The normalized spacial score (nSPS) is 10.9. The fourth-order valence-corrected chi connectivity index (χ4v) is 3.71. The maximum atomic E-state index is 5.38. The highest BCUT2D eigenvalue weighted by molar-refractivity contribution is 7.18. The number of benzene rings is 1. The van der Waals surface area contributed by atoms with Crippen LogP contribution in [0.3, 0.4) is 0 Å². The van der Waals surface area contributed by atoms with Crippen molar-refractivity contribution in [2.75, 3.05) is 19.5 Å². The van der Waals surface area contributed by atoms with Crippen molar-refractivity contribution in [3.8, 4) is 17.4 Å². The quantitative estimate of drug-likeness (QED) is 0.547. The summed E-state index contributed by atoms with van der Waals surface area (Å²) in [6.45, 7) is 2.66. The van der Waals surface area contributed by atoms with Crippen molar-refractivity contribution in [1.82, 2.24) is 19.7 Å². The van der Waals surface area contributed by atoms with Crippen LogP contribution in [0.1, 0.15) is 10.4 Å². The van der Waals surface area contributed by atoms with Crippen molar-refractivity contribution in [2.24, 2.45) is 0 Å². The Morgan fingerprint density at radius 1 is 1.11 bits per heavy atom. The van der Waals surface area contributed by atoms with Crippen LogP contribution in [0.2, 0.25) is 0 Å². The first kappa shape index (κ1) is 17.3. The Labute approximate surface area is 160 Å². The Hall–Kier alpha value is -3.13. The second-order valence-electron chi connectivity index (χ2n) is 5.94. The number of aryl methyl sites for hydroxylation is 1. The topological polar surface area (TPSA) is 74.1 Å². The summed E-state index contributed by atoms with van der Waals surface area (Å²) in [5.41, 5.74) is 1.06. The van der Waals surface area contributed by atoms with Gasteiger partial charge in [0.2, 0.25) is 0 Å². The van der Waals surface area contributed by atoms with Gasteiger partial charge in [-0.3, -0.25) is 0 Å². The molecule has 0 aliphatic carbocycles. The molecule has 138 valence electrons. The van der Waals surface area contributed by atoms with E-state index in [0.29, 0.717) is 24.0 Å². The molecule has 8 heteroatoms. The van der Waals surface area contributed by atoms with Crippen molar-refractivity contribution in [1.29, 1.82) is 0 Å². The summed E-state index contributed by atoms with van der Waals surface area (Å²) in [4.78, 5) is 11.4. The monoisotopic (exact) mass is 381 g/mol. The molecule has 3 heterocycles. The lowest BCUT2D eigenvalue weighted by molar-refractivity contribution is 0.354. The number of anilines is 1. The summed E-state index contributed by atoms with van der Waals surface area (Å²) < 4.78 is 12.3. The smallest absolute Gasteiger partial charge is 0.253 e. The molecule has 3 aromatic heterocycles. The molecule has 0 aliphatic rings. The third-order valence-corrected chi connectivity index (χ3v) is 5.07. The number of rotatable bonds is 6. The number of methoxy groups -OCH3 is 2. The highest BCUT2D eigenvalue weighted by atomic mass is 32.1. The molecule has 1 aromatic carbocycles. The van der Waals surface area contributed by atoms with Crippen molar-refractivity contribution >= 4 is 27.4 Å². The molecule has 0 radical (unpaired) electrons. The highest BCUT2D eigenvalue weighted by Crippen LogP contribution is 2.31. The van der Waals surface area contributed by atoms with Crippen LogP contribution in [0.25, 0.3) is 16.2 Å². The summed E-state index contributed by atoms with van der Waals surface area (Å²) in [5.74, 6) is 2.74. The number of fused-ring (bicyclic) bond motifs is 1. The van der Waals surface area contributed by atoms with Gasteiger partial charge >= 0.3 is 0 Å². The van der Waals surface area contributed by atoms with Crippen molar-refractivity contribution in [3.63, 3.8) is 0 Å². The van der Waals surface area contributed by atoms with Gasteiger partial charge in [-0.25, -0.2) is 4.68 Å². The van der Waals surface area contributed by atoms with Gasteiger partial charge in [-0.15, -0.1) is 11.3 Å². The van der Waals surface area contributed by atoms with Gasteiger partial charge < -0.3 is 14.8 Å². The zero-order valence-corrected chi connectivity index (χ0v) is 16.1. The van der Waals surface area contributed by atoms with Crippen LogP contribution in [-0.4, -0.2) is 34.0 Å². The van der Waals surface area contributed by atoms with Gasteiger partial charge in [0.15, 0.2) is 11.5 Å². The van der Waals surface area contributed by atoms with E-state index >= 15 is 0 Å². The minimum Gasteiger partial charge on any atom is -0.493 e. The average Bonchev–Trinajstić information content (AvgIpc) is 3.34. The lowest BCUT2D eigenvalue weighted by Crippen LogP contribution is -2.07. The van der Waals surface area contributed by atoms with Crippen LogP contribution in [0, 0.1) is 6.92 Å². The molecule has 0 amide bonds. The van der Waals surface area contributed by atoms with E-state index in [9.17, 15) is 0 Å². The van der Waals surface area contributed by atoms with Gasteiger partial charge in [-0.2, -0.15) is 15.1 Å². The molecule has 0 fully saturated rings. The van der Waals surface area contributed by atoms with Crippen molar-refractivity contribution in [3.05, 3.63) is 53.2 Å². The number of nitrogens with one attached hydrogen (secondary N) is 1. The molecule has 0 saturated carbocycles. The summed E-state index contributed by atoms with van der Waals surface area (Å²) in [7, 11) is 3.26. The Bertz CT molecular complexity index is 1080. The van der Waals surface area contributed by atoms with Gasteiger partial charge in [-0.1, -0.05) is 6.07 Å². The Morgan fingerprint density at radius 3 is 2.70 bits per heavy atom. The molecule has 0 spiro atoms. The maximum Gasteiger partial charge on any atom is 0.253 e. The fraction of sp³-hybridized carbons (Fsp3) is 0.211. The summed E-state index contributed by atoms with van der Waals surface area (Å²) >= 11 is 1.64. The third kappa shape index (κ3) is 3.43. The standard InChI is InChI=1S/C19H19N5O2S/c1-12-9-14-17(20-11-13-5-6-15(25-2)16(10-13)26-3)22-19(23-18(14)27-12)24-8-4-7-21-24/h4-10H,11H2,1-3H3,(H,20,22,23). The first-order valence-electron chi connectivity index (χ1n) is 8.41. The minimum absolute atomic E-state index is 0.546. The lowest BCUT2D eigenvalue weighted by atomic mass is 10.2. The van der Waals surface area contributed by atoms with Gasteiger partial charge in [0.25, 0.3) is 5.95 Å². The highest BCUT2D eigenvalue weighted by Gasteiger charge is 2.12. The van der Waals surface area contributed by atoms with E-state index in [0.717, 1.165) is 21.6 Å². The van der Waals surface area contributed by atoms with Crippen LogP contribution >= 0.6 is 11.3 Å². The van der Waals surface area contributed by atoms with E-state index in [4.69, 9.17) is 9.47 Å². The lowest BCUT2D eigenvalue weighted by Gasteiger charge is -2.11. The maximum absolute atomic E-state index is 5.38. The predicted octanol–water partition coefficient (Wildman–Crippen LogP) is 3.81. The number of thiophene rings is 1. The zero-order valence-electron chi connectivity index (χ0n) is 15.3. The van der Waals surface area contributed by atoms with Crippen LogP contribution in [-0.2, 0) is 6.54 Å². The summed E-state index contributed by atoms with van der Waals surface area (Å²) in [5, 5.41) is 8.67. The molecule has 27 heavy (non-hydrogen) atoms. The molecule has 0 unspecified atom stereocenters. The van der Waals surface area contributed by atoms with Crippen molar-refractivity contribution < 1.29 is 9.47 Å². The average molecular weight is 381 g/mol. The van der Waals surface area contributed by atoms with Crippen LogP contribution in [0.15, 0.2) is 42.7 Å². The minimum atomic E-state index is 0.546. The number of ether oxygens (including phenoxy) is 2. The fourth-order valence-electron chi connectivity index (χ4n) is 2.83. The summed E-state index contributed by atoms with van der Waals surface area (Å²) in [6.07, 6.45) is 3.55. The molecular weight excluding hydrogens is 362 g/mol. The van der Waals surface area contributed by atoms with Gasteiger partial charge in [0, 0.05) is 23.8 Å². The van der Waals surface area contributed by atoms with E-state index in [1.54, 1.807) is 36.4 Å². The number of hydrogen-bond acceptors (Lipinski definition) is 7. The number of nitrogens with zero attached hydrogens (tertiary/aromatic N) is 4. The summed E-state index contributed by atoms with van der Waals surface area (Å²) in [6, 6.07) is 9.81. The van der Waals surface area contributed by atoms with Crippen LogP contribution in [0.5, 0.6) is 11.5 Å². The van der Waals surface area contributed by atoms with E-state index in [2.05, 4.69) is 33.4 Å². The van der Waals surface area contributed by atoms with Crippen molar-refractivity contribution in [2.45, 2.75) is 13.5 Å².